The fourth-order valence-corrected chi connectivity index (χ4v) is 2.56. The van der Waals surface area contributed by atoms with Crippen LogP contribution in [0.1, 0.15) is 12.8 Å². The molecule has 1 aromatic rings. The molecule has 0 unspecified atom stereocenters. The summed E-state index contributed by atoms with van der Waals surface area (Å²) in [6.07, 6.45) is 2.56. The van der Waals surface area contributed by atoms with E-state index in [0.29, 0.717) is 17.2 Å². The van der Waals surface area contributed by atoms with Gasteiger partial charge in [0.1, 0.15) is 0 Å². The molecular formula is C10H15Cl3N4. The monoisotopic (exact) mass is 296 g/mol. The van der Waals surface area contributed by atoms with Gasteiger partial charge >= 0.3 is 0 Å². The van der Waals surface area contributed by atoms with Crippen molar-refractivity contribution in [1.82, 2.24) is 15.5 Å². The second-order valence-corrected chi connectivity index (χ2v) is 4.64. The number of nitrogens with one attached hydrogen (secondary N) is 1. The molecule has 0 aliphatic carbocycles. The molecule has 0 spiro atoms. The van der Waals surface area contributed by atoms with E-state index in [0.717, 1.165) is 18.9 Å². The van der Waals surface area contributed by atoms with Crippen molar-refractivity contribution in [2.24, 2.45) is 0 Å². The van der Waals surface area contributed by atoms with Crippen molar-refractivity contribution in [1.29, 1.82) is 0 Å². The van der Waals surface area contributed by atoms with Crippen molar-refractivity contribution in [3.63, 3.8) is 0 Å². The molecule has 0 amide bonds. The molecule has 2 aliphatic rings. The topological polar surface area (TPSA) is 41.0 Å². The van der Waals surface area contributed by atoms with Gasteiger partial charge in [0, 0.05) is 25.2 Å². The van der Waals surface area contributed by atoms with Crippen LogP contribution in [0.25, 0.3) is 0 Å². The summed E-state index contributed by atoms with van der Waals surface area (Å²) in [5.41, 5.74) is 0. The smallest absolute Gasteiger partial charge is 0.151 e. The van der Waals surface area contributed by atoms with Crippen molar-refractivity contribution in [2.45, 2.75) is 24.9 Å². The van der Waals surface area contributed by atoms with Gasteiger partial charge in [-0.2, -0.15) is 0 Å². The van der Waals surface area contributed by atoms with Crippen LogP contribution < -0.4 is 10.2 Å². The van der Waals surface area contributed by atoms with E-state index in [-0.39, 0.29) is 24.8 Å². The van der Waals surface area contributed by atoms with Gasteiger partial charge in [0.2, 0.25) is 0 Å². The van der Waals surface area contributed by atoms with E-state index in [1.54, 1.807) is 6.07 Å². The van der Waals surface area contributed by atoms with E-state index in [2.05, 4.69) is 20.4 Å². The number of rotatable bonds is 1. The number of hydrogen-bond acceptors (Lipinski definition) is 4. The highest BCUT2D eigenvalue weighted by atomic mass is 35.5. The van der Waals surface area contributed by atoms with Crippen LogP contribution in [0.2, 0.25) is 5.15 Å². The van der Waals surface area contributed by atoms with Gasteiger partial charge in [0.05, 0.1) is 0 Å². The lowest BCUT2D eigenvalue weighted by Crippen LogP contribution is -2.51. The van der Waals surface area contributed by atoms with E-state index in [1.165, 1.54) is 12.8 Å². The van der Waals surface area contributed by atoms with Gasteiger partial charge in [-0.3, -0.25) is 0 Å². The van der Waals surface area contributed by atoms with Gasteiger partial charge in [-0.15, -0.1) is 35.0 Å². The highest BCUT2D eigenvalue weighted by Gasteiger charge is 2.32. The van der Waals surface area contributed by atoms with Crippen molar-refractivity contribution >= 4 is 42.2 Å². The summed E-state index contributed by atoms with van der Waals surface area (Å²) in [6, 6.07) is 5.00. The lowest BCUT2D eigenvalue weighted by molar-refractivity contribution is 0.462. The molecule has 2 bridgehead atoms. The van der Waals surface area contributed by atoms with E-state index in [1.807, 2.05) is 6.07 Å². The maximum atomic E-state index is 5.72. The number of halogens is 3. The molecule has 0 aromatic carbocycles. The minimum Gasteiger partial charge on any atom is -0.352 e. The van der Waals surface area contributed by atoms with Crippen LogP contribution in [0.4, 0.5) is 5.82 Å². The second kappa shape index (κ2) is 6.05. The molecule has 1 aromatic heterocycles. The largest absolute Gasteiger partial charge is 0.352 e. The minimum absolute atomic E-state index is 0. The summed E-state index contributed by atoms with van der Waals surface area (Å²) >= 11 is 5.72. The third kappa shape index (κ3) is 3.13. The Labute approximate surface area is 118 Å². The van der Waals surface area contributed by atoms with Gasteiger partial charge < -0.3 is 10.2 Å². The van der Waals surface area contributed by atoms with Crippen LogP contribution in [0, 0.1) is 0 Å². The SMILES string of the molecule is Cl.Cl.Clc1ccc(N2C[C@H]3CC[C@@H](C2)N3)nn1. The zero-order chi connectivity index (χ0) is 10.3. The van der Waals surface area contributed by atoms with Crippen LogP contribution in [0.3, 0.4) is 0 Å². The summed E-state index contributed by atoms with van der Waals surface area (Å²) in [4.78, 5) is 2.29. The fourth-order valence-electron chi connectivity index (χ4n) is 2.46. The average Bonchev–Trinajstić information content (AvgIpc) is 2.59. The molecule has 2 fully saturated rings. The lowest BCUT2D eigenvalue weighted by Gasteiger charge is -2.33. The predicted molar refractivity (Wildman–Crippen MR) is 73.7 cm³/mol. The summed E-state index contributed by atoms with van der Waals surface area (Å²) < 4.78 is 0. The number of nitrogens with zero attached hydrogens (tertiary/aromatic N) is 3. The van der Waals surface area contributed by atoms with Crippen LogP contribution in [0.15, 0.2) is 12.1 Å². The molecule has 1 N–H and O–H groups in total. The van der Waals surface area contributed by atoms with E-state index < -0.39 is 0 Å². The first-order chi connectivity index (χ1) is 7.31. The number of hydrogen-bond donors (Lipinski definition) is 1. The standard InChI is InChI=1S/C10H13ClN4.2ClH/c11-9-3-4-10(14-13-9)15-5-7-1-2-8(6-15)12-7;;/h3-4,7-8,12H,1-2,5-6H2;2*1H/t7-,8+;;. The third-order valence-electron chi connectivity index (χ3n) is 3.16. The van der Waals surface area contributed by atoms with Gasteiger partial charge in [0.25, 0.3) is 0 Å². The summed E-state index contributed by atoms with van der Waals surface area (Å²) in [6.45, 7) is 2.07. The second-order valence-electron chi connectivity index (χ2n) is 4.26. The molecule has 0 saturated carbocycles. The predicted octanol–water partition coefficient (Wildman–Crippen LogP) is 1.91. The van der Waals surface area contributed by atoms with Crippen molar-refractivity contribution < 1.29 is 0 Å². The molecule has 96 valence electrons. The Bertz CT molecular complexity index is 347. The number of piperazine rings is 1. The maximum absolute atomic E-state index is 5.72. The Hall–Kier alpha value is -0.290. The number of fused-ring (bicyclic) bond motifs is 2. The number of anilines is 1. The highest BCUT2D eigenvalue weighted by Crippen LogP contribution is 2.23. The van der Waals surface area contributed by atoms with Crippen LogP contribution in [0.5, 0.6) is 0 Å². The number of aromatic nitrogens is 2. The Morgan fingerprint density at radius 2 is 1.76 bits per heavy atom. The zero-order valence-electron chi connectivity index (χ0n) is 9.17. The molecule has 0 radical (unpaired) electrons. The Morgan fingerprint density at radius 3 is 2.29 bits per heavy atom. The first-order valence-electron chi connectivity index (χ1n) is 5.31. The summed E-state index contributed by atoms with van der Waals surface area (Å²) in [7, 11) is 0. The minimum atomic E-state index is 0. The molecule has 2 aliphatic heterocycles. The zero-order valence-corrected chi connectivity index (χ0v) is 11.6. The molecule has 2 saturated heterocycles. The Morgan fingerprint density at radius 1 is 1.12 bits per heavy atom. The molecule has 3 rings (SSSR count). The summed E-state index contributed by atoms with van der Waals surface area (Å²) in [5.74, 6) is 0.942. The van der Waals surface area contributed by atoms with Crippen molar-refractivity contribution in [3.05, 3.63) is 17.3 Å². The molecule has 2 atom stereocenters. The molecular weight excluding hydrogens is 282 g/mol. The van der Waals surface area contributed by atoms with Gasteiger partial charge in [-0.1, -0.05) is 11.6 Å². The average molecular weight is 298 g/mol. The molecule has 7 heteroatoms. The van der Waals surface area contributed by atoms with E-state index in [4.69, 9.17) is 11.6 Å². The Kier molecular flexibility index (Phi) is 5.25. The quantitative estimate of drug-likeness (QED) is 0.860. The molecule has 4 nitrogen and oxygen atoms in total. The van der Waals surface area contributed by atoms with Crippen molar-refractivity contribution in [2.75, 3.05) is 18.0 Å². The van der Waals surface area contributed by atoms with Gasteiger partial charge in [0.15, 0.2) is 11.0 Å². The fraction of sp³-hybridized carbons (Fsp3) is 0.600. The van der Waals surface area contributed by atoms with Gasteiger partial charge in [-0.05, 0) is 25.0 Å². The normalized spacial score (nSPS) is 26.1. The van der Waals surface area contributed by atoms with Crippen LogP contribution in [-0.4, -0.2) is 35.4 Å². The first kappa shape index (κ1) is 14.8. The lowest BCUT2D eigenvalue weighted by atomic mass is 10.2. The van der Waals surface area contributed by atoms with Crippen molar-refractivity contribution in [3.8, 4) is 0 Å². The van der Waals surface area contributed by atoms with Gasteiger partial charge in [-0.25, -0.2) is 0 Å². The first-order valence-corrected chi connectivity index (χ1v) is 5.69. The van der Waals surface area contributed by atoms with E-state index >= 15 is 0 Å². The summed E-state index contributed by atoms with van der Waals surface area (Å²) in [5, 5.41) is 12.0. The highest BCUT2D eigenvalue weighted by molar-refractivity contribution is 6.29. The Balaban J connectivity index is 0.000000722. The molecule has 3 heterocycles. The van der Waals surface area contributed by atoms with Crippen LogP contribution in [-0.2, 0) is 0 Å². The third-order valence-corrected chi connectivity index (χ3v) is 3.36. The van der Waals surface area contributed by atoms with Crippen LogP contribution >= 0.6 is 36.4 Å². The maximum Gasteiger partial charge on any atom is 0.151 e. The molecule has 17 heavy (non-hydrogen) atoms. The van der Waals surface area contributed by atoms with E-state index in [9.17, 15) is 0 Å².